The maximum absolute atomic E-state index is 6.09. The maximum Gasteiger partial charge on any atom is 0.126 e. The number of rotatable bonds is 3. The van der Waals surface area contributed by atoms with Gasteiger partial charge >= 0.3 is 0 Å². The Morgan fingerprint density at radius 2 is 2.00 bits per heavy atom. The van der Waals surface area contributed by atoms with Crippen molar-refractivity contribution in [2.75, 3.05) is 7.11 Å². The van der Waals surface area contributed by atoms with Crippen LogP contribution in [0, 0.1) is 0 Å². The number of imidazole rings is 1. The van der Waals surface area contributed by atoms with Crippen molar-refractivity contribution >= 4 is 0 Å². The van der Waals surface area contributed by atoms with Crippen molar-refractivity contribution in [2.24, 2.45) is 5.73 Å². The number of aromatic amines is 1. The Kier molecular flexibility index (Phi) is 2.19. The second-order valence-corrected chi connectivity index (χ2v) is 4.53. The van der Waals surface area contributed by atoms with Crippen molar-refractivity contribution in [2.45, 2.75) is 18.4 Å². The van der Waals surface area contributed by atoms with E-state index >= 15 is 0 Å². The summed E-state index contributed by atoms with van der Waals surface area (Å²) in [6.45, 7) is 0. The van der Waals surface area contributed by atoms with E-state index in [9.17, 15) is 0 Å². The summed E-state index contributed by atoms with van der Waals surface area (Å²) in [7, 11) is 1.66. The minimum absolute atomic E-state index is 0.204. The minimum Gasteiger partial charge on any atom is -0.497 e. The average Bonchev–Trinajstić information content (AvgIpc) is 2.94. The summed E-state index contributed by atoms with van der Waals surface area (Å²) in [5, 5.41) is 0. The van der Waals surface area contributed by atoms with Crippen molar-refractivity contribution in [3.8, 4) is 17.0 Å². The molecule has 1 aromatic heterocycles. The summed E-state index contributed by atoms with van der Waals surface area (Å²) in [5.41, 5.74) is 7.98. The smallest absolute Gasteiger partial charge is 0.126 e. The van der Waals surface area contributed by atoms with Gasteiger partial charge in [0.05, 0.1) is 24.5 Å². The molecule has 1 aromatic carbocycles. The molecular formula is C13H15N3O. The molecule has 1 aliphatic rings. The Balaban J connectivity index is 1.90. The average molecular weight is 229 g/mol. The van der Waals surface area contributed by atoms with Gasteiger partial charge in [-0.2, -0.15) is 0 Å². The first kappa shape index (κ1) is 10.4. The van der Waals surface area contributed by atoms with Gasteiger partial charge in [-0.3, -0.25) is 0 Å². The molecule has 1 heterocycles. The van der Waals surface area contributed by atoms with Gasteiger partial charge in [0.25, 0.3) is 0 Å². The van der Waals surface area contributed by atoms with E-state index in [1.807, 2.05) is 30.5 Å². The van der Waals surface area contributed by atoms with Crippen molar-refractivity contribution in [1.82, 2.24) is 9.97 Å². The third kappa shape index (κ3) is 1.80. The Morgan fingerprint density at radius 1 is 1.29 bits per heavy atom. The van der Waals surface area contributed by atoms with E-state index < -0.39 is 0 Å². The molecule has 0 saturated heterocycles. The van der Waals surface area contributed by atoms with E-state index in [2.05, 4.69) is 9.97 Å². The summed E-state index contributed by atoms with van der Waals surface area (Å²) < 4.78 is 5.13. The maximum atomic E-state index is 6.09. The molecule has 0 aliphatic heterocycles. The summed E-state index contributed by atoms with van der Waals surface area (Å²) in [6, 6.07) is 7.88. The standard InChI is InChI=1S/C13H15N3O/c1-17-10-4-2-9(3-5-10)11-8-15-12(16-11)13(14)6-7-13/h2-5,8H,6-7,14H2,1H3,(H,15,16). The number of nitrogens with one attached hydrogen (secondary N) is 1. The van der Waals surface area contributed by atoms with Crippen LogP contribution in [-0.4, -0.2) is 17.1 Å². The van der Waals surface area contributed by atoms with Gasteiger partial charge < -0.3 is 15.5 Å². The molecule has 88 valence electrons. The van der Waals surface area contributed by atoms with E-state index in [-0.39, 0.29) is 5.54 Å². The van der Waals surface area contributed by atoms with E-state index in [0.29, 0.717) is 0 Å². The van der Waals surface area contributed by atoms with Gasteiger partial charge in [-0.15, -0.1) is 0 Å². The summed E-state index contributed by atoms with van der Waals surface area (Å²) in [4.78, 5) is 7.65. The van der Waals surface area contributed by atoms with Crippen LogP contribution in [0.2, 0.25) is 0 Å². The molecule has 0 spiro atoms. The molecule has 0 unspecified atom stereocenters. The third-order valence-corrected chi connectivity index (χ3v) is 3.24. The largest absolute Gasteiger partial charge is 0.497 e. The first-order valence-electron chi connectivity index (χ1n) is 5.70. The molecule has 0 atom stereocenters. The van der Waals surface area contributed by atoms with Crippen LogP contribution in [-0.2, 0) is 5.54 Å². The van der Waals surface area contributed by atoms with Gasteiger partial charge in [0, 0.05) is 0 Å². The molecule has 1 aliphatic carbocycles. The molecule has 4 heteroatoms. The quantitative estimate of drug-likeness (QED) is 0.846. The highest BCUT2D eigenvalue weighted by Gasteiger charge is 2.42. The molecule has 17 heavy (non-hydrogen) atoms. The lowest BCUT2D eigenvalue weighted by Gasteiger charge is -2.03. The molecule has 3 N–H and O–H groups in total. The topological polar surface area (TPSA) is 63.9 Å². The van der Waals surface area contributed by atoms with Crippen LogP contribution in [0.1, 0.15) is 18.7 Å². The van der Waals surface area contributed by atoms with Crippen LogP contribution in [0.5, 0.6) is 5.75 Å². The van der Waals surface area contributed by atoms with E-state index in [4.69, 9.17) is 10.5 Å². The second-order valence-electron chi connectivity index (χ2n) is 4.53. The molecule has 3 rings (SSSR count). The third-order valence-electron chi connectivity index (χ3n) is 3.24. The Morgan fingerprint density at radius 3 is 2.59 bits per heavy atom. The minimum atomic E-state index is -0.204. The fourth-order valence-corrected chi connectivity index (χ4v) is 1.86. The molecular weight excluding hydrogens is 214 g/mol. The SMILES string of the molecule is COc1ccc(-c2cnc(C3(N)CC3)[nH]2)cc1. The number of hydrogen-bond acceptors (Lipinski definition) is 3. The zero-order valence-corrected chi connectivity index (χ0v) is 9.73. The zero-order valence-electron chi connectivity index (χ0n) is 9.73. The number of methoxy groups -OCH3 is 1. The summed E-state index contributed by atoms with van der Waals surface area (Å²) in [6.07, 6.45) is 3.87. The van der Waals surface area contributed by atoms with Gasteiger partial charge in [-0.25, -0.2) is 4.98 Å². The highest BCUT2D eigenvalue weighted by atomic mass is 16.5. The van der Waals surface area contributed by atoms with E-state index in [0.717, 1.165) is 35.7 Å². The molecule has 2 aromatic rings. The predicted molar refractivity (Wildman–Crippen MR) is 65.7 cm³/mol. The van der Waals surface area contributed by atoms with Gasteiger partial charge in [0.2, 0.25) is 0 Å². The fraction of sp³-hybridized carbons (Fsp3) is 0.308. The second kappa shape index (κ2) is 3.60. The molecule has 1 fully saturated rings. The van der Waals surface area contributed by atoms with Gasteiger partial charge in [0.15, 0.2) is 0 Å². The number of nitrogens with zero attached hydrogens (tertiary/aromatic N) is 1. The van der Waals surface area contributed by atoms with Crippen molar-refractivity contribution < 1.29 is 4.74 Å². The van der Waals surface area contributed by atoms with Gasteiger partial charge in [-0.1, -0.05) is 0 Å². The molecule has 0 amide bonds. The fourth-order valence-electron chi connectivity index (χ4n) is 1.86. The normalized spacial score (nSPS) is 16.8. The zero-order chi connectivity index (χ0) is 11.9. The molecule has 0 bridgehead atoms. The summed E-state index contributed by atoms with van der Waals surface area (Å²) >= 11 is 0. The van der Waals surface area contributed by atoms with Gasteiger partial charge in [0.1, 0.15) is 11.6 Å². The first-order chi connectivity index (χ1) is 8.21. The Hall–Kier alpha value is -1.81. The number of benzene rings is 1. The monoisotopic (exact) mass is 229 g/mol. The van der Waals surface area contributed by atoms with Crippen LogP contribution >= 0.6 is 0 Å². The number of ether oxygens (including phenoxy) is 1. The van der Waals surface area contributed by atoms with Crippen molar-refractivity contribution in [3.63, 3.8) is 0 Å². The first-order valence-corrected chi connectivity index (χ1v) is 5.70. The van der Waals surface area contributed by atoms with E-state index in [1.54, 1.807) is 7.11 Å². The predicted octanol–water partition coefficient (Wildman–Crippen LogP) is 2.03. The number of H-pyrrole nitrogens is 1. The number of hydrogen-bond donors (Lipinski definition) is 2. The lowest BCUT2D eigenvalue weighted by atomic mass is 10.1. The Labute approximate surface area is 99.8 Å². The van der Waals surface area contributed by atoms with Crippen LogP contribution in [0.3, 0.4) is 0 Å². The molecule has 4 nitrogen and oxygen atoms in total. The lowest BCUT2D eigenvalue weighted by molar-refractivity contribution is 0.415. The Bertz CT molecular complexity index is 526. The lowest BCUT2D eigenvalue weighted by Crippen LogP contribution is -2.20. The highest BCUT2D eigenvalue weighted by molar-refractivity contribution is 5.59. The van der Waals surface area contributed by atoms with Crippen LogP contribution < -0.4 is 10.5 Å². The van der Waals surface area contributed by atoms with Gasteiger partial charge in [-0.05, 0) is 42.7 Å². The number of aromatic nitrogens is 2. The number of nitrogens with two attached hydrogens (primary N) is 1. The summed E-state index contributed by atoms with van der Waals surface area (Å²) in [5.74, 6) is 1.74. The van der Waals surface area contributed by atoms with E-state index in [1.165, 1.54) is 0 Å². The van der Waals surface area contributed by atoms with Crippen LogP contribution in [0.4, 0.5) is 0 Å². The van der Waals surface area contributed by atoms with Crippen LogP contribution in [0.15, 0.2) is 30.5 Å². The molecule has 1 saturated carbocycles. The molecule has 0 radical (unpaired) electrons. The van der Waals surface area contributed by atoms with Crippen LogP contribution in [0.25, 0.3) is 11.3 Å². The van der Waals surface area contributed by atoms with Crippen molar-refractivity contribution in [1.29, 1.82) is 0 Å². The van der Waals surface area contributed by atoms with Crippen molar-refractivity contribution in [3.05, 3.63) is 36.3 Å². The highest BCUT2D eigenvalue weighted by Crippen LogP contribution is 2.41.